The van der Waals surface area contributed by atoms with E-state index in [0.29, 0.717) is 23.9 Å². The molecule has 0 aromatic carbocycles. The van der Waals surface area contributed by atoms with E-state index in [2.05, 4.69) is 86.8 Å². The van der Waals surface area contributed by atoms with Gasteiger partial charge in [-0.3, -0.25) is 18.6 Å². The van der Waals surface area contributed by atoms with E-state index >= 15 is 0 Å². The summed E-state index contributed by atoms with van der Waals surface area (Å²) in [4.78, 5) is 37.6. The summed E-state index contributed by atoms with van der Waals surface area (Å²) >= 11 is 0. The Morgan fingerprint density at radius 3 is 1.32 bits per heavy atom. The van der Waals surface area contributed by atoms with Gasteiger partial charge in [-0.05, 0) is 76.7 Å². The number of amides is 1. The second-order valence-corrected chi connectivity index (χ2v) is 23.0. The summed E-state index contributed by atoms with van der Waals surface area (Å²) in [6.45, 7) is 6.89. The van der Waals surface area contributed by atoms with Gasteiger partial charge >= 0.3 is 13.8 Å². The van der Waals surface area contributed by atoms with Crippen LogP contribution >= 0.6 is 7.82 Å². The third kappa shape index (κ3) is 54.1. The van der Waals surface area contributed by atoms with Crippen LogP contribution in [0.4, 0.5) is 0 Å². The summed E-state index contributed by atoms with van der Waals surface area (Å²) in [5, 5.41) is 3.05. The van der Waals surface area contributed by atoms with Gasteiger partial charge in [0.1, 0.15) is 19.3 Å². The number of hydrogen-bond acceptors (Lipinski definition) is 6. The minimum Gasteiger partial charge on any atom is -0.456 e. The van der Waals surface area contributed by atoms with Gasteiger partial charge in [-0.1, -0.05) is 248 Å². The number of phosphoric acid groups is 1. The number of quaternary nitrogens is 1. The number of ether oxygens (including phenoxy) is 1. The number of nitrogens with zero attached hydrogens (tertiary/aromatic N) is 1. The normalized spacial score (nSPS) is 14.2. The first-order valence-corrected chi connectivity index (χ1v) is 31.8. The molecule has 0 aliphatic heterocycles. The summed E-state index contributed by atoms with van der Waals surface area (Å²) < 4.78 is 30.6. The van der Waals surface area contributed by atoms with Crippen molar-refractivity contribution in [1.82, 2.24) is 5.32 Å². The molecule has 0 heterocycles. The Kier molecular flexibility index (Phi) is 51.0. The molecule has 0 bridgehead atoms. The van der Waals surface area contributed by atoms with Gasteiger partial charge in [0, 0.05) is 12.8 Å². The van der Waals surface area contributed by atoms with Crippen LogP contribution in [0.15, 0.2) is 72.9 Å². The molecule has 0 aromatic rings. The van der Waals surface area contributed by atoms with Crippen molar-refractivity contribution in [2.45, 2.75) is 277 Å². The van der Waals surface area contributed by atoms with E-state index in [4.69, 9.17) is 13.8 Å². The first kappa shape index (κ1) is 70.5. The molecule has 0 saturated carbocycles. The largest absolute Gasteiger partial charge is 0.472 e. The molecule has 1 amide bonds. The fourth-order valence-corrected chi connectivity index (χ4v) is 9.23. The Bertz CT molecular complexity index is 1480. The molecule has 10 heteroatoms. The number of esters is 1. The Morgan fingerprint density at radius 2 is 0.877 bits per heavy atom. The molecule has 424 valence electrons. The smallest absolute Gasteiger partial charge is 0.456 e. The lowest BCUT2D eigenvalue weighted by Crippen LogP contribution is -2.47. The zero-order valence-corrected chi connectivity index (χ0v) is 49.3. The van der Waals surface area contributed by atoms with Crippen LogP contribution in [-0.2, 0) is 27.9 Å². The van der Waals surface area contributed by atoms with Crippen molar-refractivity contribution in [2.75, 3.05) is 40.9 Å². The van der Waals surface area contributed by atoms with Gasteiger partial charge in [0.25, 0.3) is 0 Å². The maximum absolute atomic E-state index is 13.5. The topological polar surface area (TPSA) is 111 Å². The maximum atomic E-state index is 13.5. The van der Waals surface area contributed by atoms with Crippen molar-refractivity contribution in [2.24, 2.45) is 0 Å². The van der Waals surface area contributed by atoms with Crippen LogP contribution in [0, 0.1) is 0 Å². The first-order chi connectivity index (χ1) is 35.4. The standard InChI is InChI=1S/C63H115N2O7P/c1-7-10-13-16-19-22-25-28-30-31-32-33-34-35-36-38-41-44-47-50-53-56-63(67)72-61(54-51-48-45-42-39-27-24-21-18-15-12-9-3)60(59-71-73(68,69)70-58-57-65(4,5)6)64-62(66)55-52-49-46-43-40-37-29-26-23-20-17-14-11-8-2/h10,13,19,22,28,30,32-33,35-36,51,54,60-61H,7-9,11-12,14-18,20-21,23-27,29,31,34,37-50,52-53,55-59H2,1-6H3,(H-,64,66,68,69)/p+1/b13-10-,22-19-,30-28-,33-32-,36-35-,54-51+. The first-order valence-electron chi connectivity index (χ1n) is 30.3. The summed E-state index contributed by atoms with van der Waals surface area (Å²) in [7, 11) is 1.48. The van der Waals surface area contributed by atoms with Gasteiger partial charge in [0.05, 0.1) is 33.8 Å². The van der Waals surface area contributed by atoms with E-state index in [-0.39, 0.29) is 31.5 Å². The highest BCUT2D eigenvalue weighted by Gasteiger charge is 2.30. The van der Waals surface area contributed by atoms with E-state index < -0.39 is 20.0 Å². The van der Waals surface area contributed by atoms with Crippen molar-refractivity contribution >= 4 is 19.7 Å². The SMILES string of the molecule is CC/C=C\C/C=C\C/C=C\C/C=C\C/C=C\CCCCCCCC(=O)OC(/C=C/CCCCCCCCCCCC)C(COP(=O)(O)OCC[N+](C)(C)C)NC(=O)CCCCCCCCCCCCCCCC. The molecule has 0 saturated heterocycles. The fraction of sp³-hybridized carbons (Fsp3) is 0.778. The second-order valence-electron chi connectivity index (χ2n) is 21.5. The Morgan fingerprint density at radius 1 is 0.493 bits per heavy atom. The van der Waals surface area contributed by atoms with Crippen LogP contribution in [-0.4, -0.2) is 74.3 Å². The van der Waals surface area contributed by atoms with Gasteiger partial charge in [-0.25, -0.2) is 4.57 Å². The summed E-state index contributed by atoms with van der Waals surface area (Å²) in [5.74, 6) is -0.523. The summed E-state index contributed by atoms with van der Waals surface area (Å²) in [6.07, 6.45) is 67.5. The molecule has 2 N–H and O–H groups in total. The number of carbonyl (C=O) groups is 2. The third-order valence-corrected chi connectivity index (χ3v) is 14.1. The second kappa shape index (κ2) is 52.9. The van der Waals surface area contributed by atoms with Crippen LogP contribution in [0.5, 0.6) is 0 Å². The van der Waals surface area contributed by atoms with E-state index in [1.54, 1.807) is 0 Å². The quantitative estimate of drug-likeness (QED) is 0.0205. The number of rotatable bonds is 54. The maximum Gasteiger partial charge on any atom is 0.472 e. The molecule has 0 aliphatic rings. The highest BCUT2D eigenvalue weighted by molar-refractivity contribution is 7.47. The number of nitrogens with one attached hydrogen (secondary N) is 1. The molecular weight excluding hydrogens is 928 g/mol. The van der Waals surface area contributed by atoms with Gasteiger partial charge in [-0.2, -0.15) is 0 Å². The van der Waals surface area contributed by atoms with Gasteiger partial charge < -0.3 is 19.4 Å². The van der Waals surface area contributed by atoms with Crippen molar-refractivity contribution in [3.05, 3.63) is 72.9 Å². The van der Waals surface area contributed by atoms with Crippen molar-refractivity contribution in [1.29, 1.82) is 0 Å². The van der Waals surface area contributed by atoms with Crippen LogP contribution in [0.25, 0.3) is 0 Å². The average Bonchev–Trinajstić information content (AvgIpc) is 3.35. The lowest BCUT2D eigenvalue weighted by molar-refractivity contribution is -0.870. The molecular formula is C63H116N2O7P+. The molecule has 0 fully saturated rings. The summed E-state index contributed by atoms with van der Waals surface area (Å²) in [6, 6.07) is -0.856. The van der Waals surface area contributed by atoms with Gasteiger partial charge in [-0.15, -0.1) is 0 Å². The van der Waals surface area contributed by atoms with Crippen molar-refractivity contribution in [3.63, 3.8) is 0 Å². The summed E-state index contributed by atoms with van der Waals surface area (Å²) in [5.41, 5.74) is 0. The number of hydrogen-bond donors (Lipinski definition) is 2. The fourth-order valence-electron chi connectivity index (χ4n) is 8.50. The highest BCUT2D eigenvalue weighted by Crippen LogP contribution is 2.43. The van der Waals surface area contributed by atoms with Crippen LogP contribution < -0.4 is 5.32 Å². The number of carbonyl (C=O) groups excluding carboxylic acids is 2. The predicted molar refractivity (Wildman–Crippen MR) is 314 cm³/mol. The number of phosphoric ester groups is 1. The molecule has 0 rings (SSSR count). The van der Waals surface area contributed by atoms with Gasteiger partial charge in [0.15, 0.2) is 0 Å². The Hall–Kier alpha value is -2.55. The van der Waals surface area contributed by atoms with E-state index in [1.165, 1.54) is 122 Å². The van der Waals surface area contributed by atoms with E-state index in [1.807, 2.05) is 33.3 Å². The predicted octanol–water partition coefficient (Wildman–Crippen LogP) is 18.4. The lowest BCUT2D eigenvalue weighted by atomic mass is 10.0. The molecule has 0 aromatic heterocycles. The van der Waals surface area contributed by atoms with Crippen LogP contribution in [0.1, 0.15) is 265 Å². The molecule has 9 nitrogen and oxygen atoms in total. The Labute approximate surface area is 451 Å². The molecule has 0 spiro atoms. The molecule has 3 atom stereocenters. The van der Waals surface area contributed by atoms with E-state index in [9.17, 15) is 19.0 Å². The number of likely N-dealkylation sites (N-methyl/N-ethyl adjacent to an activating group) is 1. The van der Waals surface area contributed by atoms with Crippen LogP contribution in [0.2, 0.25) is 0 Å². The molecule has 73 heavy (non-hydrogen) atoms. The van der Waals surface area contributed by atoms with Crippen molar-refractivity contribution in [3.8, 4) is 0 Å². The zero-order chi connectivity index (χ0) is 53.6. The average molecular weight is 1040 g/mol. The molecule has 0 radical (unpaired) electrons. The monoisotopic (exact) mass is 1040 g/mol. The third-order valence-electron chi connectivity index (χ3n) is 13.2. The molecule has 3 unspecified atom stereocenters. The van der Waals surface area contributed by atoms with Crippen LogP contribution in [0.3, 0.4) is 0 Å². The minimum atomic E-state index is -4.45. The molecule has 0 aliphatic carbocycles. The van der Waals surface area contributed by atoms with Gasteiger partial charge in [0.2, 0.25) is 5.91 Å². The Balaban J connectivity index is 5.30. The number of unbranched alkanes of at least 4 members (excludes halogenated alkanes) is 28. The lowest BCUT2D eigenvalue weighted by Gasteiger charge is -2.27. The van der Waals surface area contributed by atoms with Crippen molar-refractivity contribution < 1.29 is 37.3 Å². The minimum absolute atomic E-state index is 0.0357. The number of allylic oxidation sites excluding steroid dienone is 11. The zero-order valence-electron chi connectivity index (χ0n) is 48.4. The highest BCUT2D eigenvalue weighted by atomic mass is 31.2. The van der Waals surface area contributed by atoms with E-state index in [0.717, 1.165) is 103 Å².